The highest BCUT2D eigenvalue weighted by molar-refractivity contribution is 6.14. The topological polar surface area (TPSA) is 103 Å². The second-order valence-electron chi connectivity index (χ2n) is 23.9. The van der Waals surface area contributed by atoms with E-state index in [9.17, 15) is 0 Å². The molecule has 0 spiro atoms. The minimum atomic E-state index is 0.912. The summed E-state index contributed by atoms with van der Waals surface area (Å²) >= 11 is 0. The number of benzene rings is 11. The van der Waals surface area contributed by atoms with E-state index in [1.807, 2.05) is 36.8 Å². The molecule has 8 nitrogen and oxygen atoms in total. The van der Waals surface area contributed by atoms with Crippen molar-refractivity contribution >= 4 is 109 Å². The molecule has 19 aromatic rings. The van der Waals surface area contributed by atoms with Gasteiger partial charge in [-0.1, -0.05) is 188 Å². The van der Waals surface area contributed by atoms with Crippen LogP contribution in [0.4, 0.5) is 0 Å². The summed E-state index contributed by atoms with van der Waals surface area (Å²) in [6.07, 6.45) is 5.50. The summed E-state index contributed by atoms with van der Waals surface area (Å²) in [5, 5.41) is 13.8. The average molecular weight is 1200 g/mol. The molecule has 19 rings (SSSR count). The van der Waals surface area contributed by atoms with Crippen molar-refractivity contribution in [3.05, 3.63) is 316 Å². The van der Waals surface area contributed by atoms with Crippen LogP contribution in [0, 0.1) is 0 Å². The van der Waals surface area contributed by atoms with Gasteiger partial charge in [0.1, 0.15) is 0 Å². The van der Waals surface area contributed by atoms with Crippen LogP contribution in [0.2, 0.25) is 0 Å². The van der Waals surface area contributed by atoms with Gasteiger partial charge in [-0.05, 0) is 153 Å². The van der Waals surface area contributed by atoms with Gasteiger partial charge in [0, 0.05) is 89.5 Å². The van der Waals surface area contributed by atoms with E-state index in [2.05, 4.69) is 294 Å². The van der Waals surface area contributed by atoms with Gasteiger partial charge in [0.2, 0.25) is 0 Å². The molecule has 8 aromatic heterocycles. The summed E-state index contributed by atoms with van der Waals surface area (Å²) in [4.78, 5) is 39.1. The summed E-state index contributed by atoms with van der Waals surface area (Å²) in [5.41, 5.74) is 22.2. The van der Waals surface area contributed by atoms with Gasteiger partial charge in [-0.15, -0.1) is 0 Å². The Bertz CT molecular complexity index is 6270. The first kappa shape index (κ1) is 54.2. The van der Waals surface area contributed by atoms with Crippen LogP contribution in [0.15, 0.2) is 316 Å². The maximum absolute atomic E-state index is 5.13. The fraction of sp³-hybridized carbons (Fsp3) is 0. The largest absolute Gasteiger partial charge is 0.256 e. The molecule has 0 fully saturated rings. The van der Waals surface area contributed by atoms with E-state index in [1.54, 1.807) is 0 Å². The first-order valence-electron chi connectivity index (χ1n) is 31.5. The second-order valence-corrected chi connectivity index (χ2v) is 23.9. The molecule has 8 heterocycles. The zero-order valence-corrected chi connectivity index (χ0v) is 50.6. The summed E-state index contributed by atoms with van der Waals surface area (Å²) in [5.74, 6) is 0. The first-order valence-corrected chi connectivity index (χ1v) is 31.5. The molecule has 0 aliphatic carbocycles. The fourth-order valence-electron chi connectivity index (χ4n) is 13.4. The van der Waals surface area contributed by atoms with Gasteiger partial charge in [-0.3, -0.25) is 15.0 Å². The van der Waals surface area contributed by atoms with Crippen molar-refractivity contribution in [2.45, 2.75) is 0 Å². The second kappa shape index (κ2) is 22.6. The Morgan fingerprint density at radius 3 is 1.05 bits per heavy atom. The van der Waals surface area contributed by atoms with E-state index in [4.69, 9.17) is 24.9 Å². The van der Waals surface area contributed by atoms with Gasteiger partial charge in [-0.2, -0.15) is 0 Å². The number of pyridine rings is 8. The number of aromatic nitrogens is 8. The smallest absolute Gasteiger partial charge is 0.0972 e. The number of nitrogens with zero attached hydrogens (tertiary/aromatic N) is 8. The molecule has 0 aliphatic rings. The molecule has 436 valence electrons. The van der Waals surface area contributed by atoms with Crippen molar-refractivity contribution in [3.8, 4) is 78.5 Å². The van der Waals surface area contributed by atoms with Gasteiger partial charge in [0.15, 0.2) is 0 Å². The molecule has 11 aromatic carbocycles. The van der Waals surface area contributed by atoms with Crippen molar-refractivity contribution < 1.29 is 0 Å². The van der Waals surface area contributed by atoms with Crippen LogP contribution < -0.4 is 0 Å². The Kier molecular flexibility index (Phi) is 13.0. The normalized spacial score (nSPS) is 11.6. The molecule has 0 bridgehead atoms. The number of rotatable bonds is 7. The van der Waals surface area contributed by atoms with Crippen LogP contribution in [0.1, 0.15) is 0 Å². The number of para-hydroxylation sites is 2. The molecule has 0 aliphatic heterocycles. The van der Waals surface area contributed by atoms with Crippen LogP contribution in [0.3, 0.4) is 0 Å². The van der Waals surface area contributed by atoms with Crippen molar-refractivity contribution in [3.63, 3.8) is 0 Å². The van der Waals surface area contributed by atoms with Crippen molar-refractivity contribution in [2.24, 2.45) is 0 Å². The summed E-state index contributed by atoms with van der Waals surface area (Å²) in [6.45, 7) is 0. The Balaban J connectivity index is 0.000000139. The van der Waals surface area contributed by atoms with Crippen LogP contribution in [0.5, 0.6) is 0 Å². The predicted octanol–water partition coefficient (Wildman–Crippen LogP) is 21.7. The molecule has 0 unspecified atom stereocenters. The monoisotopic (exact) mass is 1200 g/mol. The lowest BCUT2D eigenvalue weighted by molar-refractivity contribution is 1.36. The molecule has 94 heavy (non-hydrogen) atoms. The lowest BCUT2D eigenvalue weighted by Gasteiger charge is -2.12. The quantitative estimate of drug-likeness (QED) is 0.145. The van der Waals surface area contributed by atoms with Gasteiger partial charge in [0.05, 0.1) is 72.6 Å². The maximum Gasteiger partial charge on any atom is 0.0972 e. The predicted molar refractivity (Wildman–Crippen MR) is 388 cm³/mol. The van der Waals surface area contributed by atoms with E-state index in [1.165, 1.54) is 21.5 Å². The standard InChI is InChI=1S/C45H27N5.C41H25N3/c1-6-33(27-34(7-1)41-18-13-30-12-11-29-9-4-24-47-44(29)45(30)50-41)38-21-16-35-25-31(14-19-39(35)48-38)32-15-20-40-36(26-32)17-22-42(49-40)37-10-2-5-28-8-3-23-46-43(28)37;1-2-10-32-29(7-1)25-36(34-12-4-3-11-33(32)34)40-21-17-31-24-28(15-19-38(31)44-40)27-14-18-37-30(23-27)16-20-39(43-37)35-13-5-8-26-9-6-22-42-41(26)35/h1-27H;1-25H. The maximum atomic E-state index is 5.13. The summed E-state index contributed by atoms with van der Waals surface area (Å²) in [7, 11) is 0. The Hall–Kier alpha value is -12.8. The van der Waals surface area contributed by atoms with Gasteiger partial charge in [-0.25, -0.2) is 24.9 Å². The number of fused-ring (bicyclic) bond motifs is 12. The molecule has 0 saturated carbocycles. The SMILES string of the molecule is c1cc(-c2ccc3cc(-c4ccc5nc(-c6cccc7cccnc67)ccc5c4)ccc3n2)cc(-c2ccc3ccc4cccnc4c3n2)c1.c1cnc2c(-c3ccc4cc(-c5ccc6nc(-c7cc8ccccc8c8ccccc78)ccc6c5)ccc4n3)cccc2c1. The minimum absolute atomic E-state index is 0.912. The number of hydrogen-bond acceptors (Lipinski definition) is 8. The molecule has 0 saturated heterocycles. The van der Waals surface area contributed by atoms with Crippen LogP contribution in [-0.4, -0.2) is 39.9 Å². The Morgan fingerprint density at radius 2 is 0.532 bits per heavy atom. The Morgan fingerprint density at radius 1 is 0.170 bits per heavy atom. The molecule has 0 radical (unpaired) electrons. The zero-order chi connectivity index (χ0) is 62.1. The average Bonchev–Trinajstić information content (AvgIpc) is 0.831. The van der Waals surface area contributed by atoms with E-state index in [-0.39, 0.29) is 0 Å². The zero-order valence-electron chi connectivity index (χ0n) is 50.6. The summed E-state index contributed by atoms with van der Waals surface area (Å²) < 4.78 is 0. The third-order valence-electron chi connectivity index (χ3n) is 18.2. The van der Waals surface area contributed by atoms with Crippen LogP contribution in [0.25, 0.3) is 187 Å². The highest BCUT2D eigenvalue weighted by Gasteiger charge is 2.15. The molecule has 0 amide bonds. The van der Waals surface area contributed by atoms with Crippen LogP contribution in [-0.2, 0) is 0 Å². The number of hydrogen-bond donors (Lipinski definition) is 0. The van der Waals surface area contributed by atoms with Gasteiger partial charge < -0.3 is 0 Å². The third kappa shape index (κ3) is 9.82. The highest BCUT2D eigenvalue weighted by atomic mass is 14.8. The summed E-state index contributed by atoms with van der Waals surface area (Å²) in [6, 6.07) is 104. The van der Waals surface area contributed by atoms with Gasteiger partial charge in [0.25, 0.3) is 0 Å². The molecule has 0 N–H and O–H groups in total. The van der Waals surface area contributed by atoms with Crippen LogP contribution >= 0.6 is 0 Å². The molecular formula is C86H52N8. The molecule has 8 heteroatoms. The Labute approximate surface area is 539 Å². The molecule has 0 atom stereocenters. The van der Waals surface area contributed by atoms with E-state index >= 15 is 0 Å². The molecular weight excluding hydrogens is 1150 g/mol. The highest BCUT2D eigenvalue weighted by Crippen LogP contribution is 2.38. The lowest BCUT2D eigenvalue weighted by Crippen LogP contribution is -1.90. The first-order chi connectivity index (χ1) is 46.5. The fourth-order valence-corrected chi connectivity index (χ4v) is 13.4. The van der Waals surface area contributed by atoms with Crippen molar-refractivity contribution in [2.75, 3.05) is 0 Å². The van der Waals surface area contributed by atoms with Crippen molar-refractivity contribution in [1.29, 1.82) is 0 Å². The van der Waals surface area contributed by atoms with Crippen molar-refractivity contribution in [1.82, 2.24) is 39.9 Å². The van der Waals surface area contributed by atoms with E-state index in [0.29, 0.717) is 0 Å². The van der Waals surface area contributed by atoms with Gasteiger partial charge >= 0.3 is 0 Å². The minimum Gasteiger partial charge on any atom is -0.256 e. The lowest BCUT2D eigenvalue weighted by atomic mass is 9.95. The third-order valence-corrected chi connectivity index (χ3v) is 18.2. The van der Waals surface area contributed by atoms with E-state index < -0.39 is 0 Å². The van der Waals surface area contributed by atoms with E-state index in [0.717, 1.165) is 166 Å².